The van der Waals surface area contributed by atoms with Crippen molar-refractivity contribution in [1.29, 1.82) is 0 Å². The van der Waals surface area contributed by atoms with E-state index in [1.54, 1.807) is 0 Å². The highest BCUT2D eigenvalue weighted by Crippen LogP contribution is 2.15. The third-order valence-electron chi connectivity index (χ3n) is 3.81. The van der Waals surface area contributed by atoms with Crippen LogP contribution in [0.1, 0.15) is 70.3 Å². The number of ether oxygens (including phenoxy) is 1. The van der Waals surface area contributed by atoms with Crippen molar-refractivity contribution in [1.82, 2.24) is 0 Å². The van der Waals surface area contributed by atoms with Gasteiger partial charge in [-0.15, -0.1) is 0 Å². The van der Waals surface area contributed by atoms with Gasteiger partial charge >= 0.3 is 0 Å². The summed E-state index contributed by atoms with van der Waals surface area (Å²) in [6.07, 6.45) is 12.8. The van der Waals surface area contributed by atoms with Crippen LogP contribution in [-0.2, 0) is 6.42 Å². The zero-order valence-electron chi connectivity index (χ0n) is 13.7. The molecule has 0 fully saturated rings. The molecule has 0 aliphatic rings. The topological polar surface area (TPSA) is 9.23 Å². The van der Waals surface area contributed by atoms with E-state index in [0.29, 0.717) is 0 Å². The van der Waals surface area contributed by atoms with Crippen molar-refractivity contribution in [2.24, 2.45) is 0 Å². The summed E-state index contributed by atoms with van der Waals surface area (Å²) in [6.45, 7) is 3.09. The Morgan fingerprint density at radius 3 is 2.05 bits per heavy atom. The van der Waals surface area contributed by atoms with Crippen molar-refractivity contribution in [3.05, 3.63) is 29.8 Å². The molecule has 0 bridgehead atoms. The molecule has 1 nitrogen and oxygen atoms in total. The van der Waals surface area contributed by atoms with Gasteiger partial charge in [0.1, 0.15) is 5.75 Å². The van der Waals surface area contributed by atoms with E-state index in [9.17, 15) is 0 Å². The second-order valence-corrected chi connectivity index (χ2v) is 6.24. The summed E-state index contributed by atoms with van der Waals surface area (Å²) in [5.41, 5.74) is 1.42. The molecule has 0 aliphatic heterocycles. The first-order valence-electron chi connectivity index (χ1n) is 8.69. The standard InChI is InChI=1S/C19H32OS/c1-2-3-11-18-12-14-19(15-13-18)20-16-9-7-5-4-6-8-10-17-21/h12-15,21H,2-11,16-17H2,1H3. The Morgan fingerprint density at radius 2 is 1.43 bits per heavy atom. The van der Waals surface area contributed by atoms with E-state index in [-0.39, 0.29) is 0 Å². The second-order valence-electron chi connectivity index (χ2n) is 5.79. The lowest BCUT2D eigenvalue weighted by Crippen LogP contribution is -1.97. The average Bonchev–Trinajstić information content (AvgIpc) is 2.52. The van der Waals surface area contributed by atoms with Gasteiger partial charge in [-0.05, 0) is 49.1 Å². The molecule has 1 aromatic rings. The highest BCUT2D eigenvalue weighted by Gasteiger charge is 1.96. The smallest absolute Gasteiger partial charge is 0.119 e. The first kappa shape index (κ1) is 18.4. The summed E-state index contributed by atoms with van der Waals surface area (Å²) in [4.78, 5) is 0. The van der Waals surface area contributed by atoms with Crippen molar-refractivity contribution >= 4 is 12.6 Å². The van der Waals surface area contributed by atoms with Crippen LogP contribution in [0, 0.1) is 0 Å². The number of rotatable bonds is 13. The van der Waals surface area contributed by atoms with Gasteiger partial charge in [-0.1, -0.05) is 57.6 Å². The van der Waals surface area contributed by atoms with Gasteiger partial charge in [0, 0.05) is 0 Å². The van der Waals surface area contributed by atoms with Crippen molar-refractivity contribution in [3.8, 4) is 5.75 Å². The van der Waals surface area contributed by atoms with E-state index in [1.807, 2.05) is 0 Å². The molecule has 0 atom stereocenters. The van der Waals surface area contributed by atoms with Gasteiger partial charge in [-0.2, -0.15) is 12.6 Å². The third-order valence-corrected chi connectivity index (χ3v) is 4.13. The van der Waals surface area contributed by atoms with E-state index >= 15 is 0 Å². The van der Waals surface area contributed by atoms with Gasteiger partial charge in [-0.3, -0.25) is 0 Å². The van der Waals surface area contributed by atoms with Gasteiger partial charge < -0.3 is 4.74 Å². The lowest BCUT2D eigenvalue weighted by molar-refractivity contribution is 0.304. The zero-order chi connectivity index (χ0) is 15.2. The first-order valence-corrected chi connectivity index (χ1v) is 9.32. The lowest BCUT2D eigenvalue weighted by atomic mass is 10.1. The summed E-state index contributed by atoms with van der Waals surface area (Å²) < 4.78 is 5.80. The molecule has 2 heteroatoms. The SMILES string of the molecule is CCCCc1ccc(OCCCCCCCCCS)cc1. The quantitative estimate of drug-likeness (QED) is 0.344. The van der Waals surface area contributed by atoms with Crippen molar-refractivity contribution in [2.75, 3.05) is 12.4 Å². The van der Waals surface area contributed by atoms with Crippen LogP contribution in [0.2, 0.25) is 0 Å². The summed E-state index contributed by atoms with van der Waals surface area (Å²) in [5, 5.41) is 0. The largest absolute Gasteiger partial charge is 0.494 e. The van der Waals surface area contributed by atoms with Crippen molar-refractivity contribution in [3.63, 3.8) is 0 Å². The van der Waals surface area contributed by atoms with Crippen LogP contribution in [0.4, 0.5) is 0 Å². The number of aryl methyl sites for hydroxylation is 1. The summed E-state index contributed by atoms with van der Waals surface area (Å²) in [7, 11) is 0. The van der Waals surface area contributed by atoms with Crippen LogP contribution in [0.25, 0.3) is 0 Å². The molecule has 0 spiro atoms. The maximum atomic E-state index is 5.80. The lowest BCUT2D eigenvalue weighted by Gasteiger charge is -2.07. The molecule has 0 unspecified atom stereocenters. The highest BCUT2D eigenvalue weighted by atomic mass is 32.1. The minimum atomic E-state index is 0.852. The number of hydrogen-bond donors (Lipinski definition) is 1. The van der Waals surface area contributed by atoms with Crippen molar-refractivity contribution < 1.29 is 4.74 Å². The Labute approximate surface area is 136 Å². The fourth-order valence-corrected chi connectivity index (χ4v) is 2.64. The molecule has 0 N–H and O–H groups in total. The monoisotopic (exact) mass is 308 g/mol. The van der Waals surface area contributed by atoms with Crippen LogP contribution < -0.4 is 4.74 Å². The fourth-order valence-electron chi connectivity index (χ4n) is 2.42. The van der Waals surface area contributed by atoms with Crippen LogP contribution in [0.5, 0.6) is 5.75 Å². The van der Waals surface area contributed by atoms with Crippen LogP contribution >= 0.6 is 12.6 Å². The number of benzene rings is 1. The predicted molar refractivity (Wildman–Crippen MR) is 96.7 cm³/mol. The Morgan fingerprint density at radius 1 is 0.810 bits per heavy atom. The zero-order valence-corrected chi connectivity index (χ0v) is 14.5. The molecule has 0 aromatic heterocycles. The normalized spacial score (nSPS) is 10.8. The van der Waals surface area contributed by atoms with Crippen molar-refractivity contribution in [2.45, 2.75) is 71.1 Å². The van der Waals surface area contributed by atoms with Crippen LogP contribution in [0.3, 0.4) is 0 Å². The van der Waals surface area contributed by atoms with Gasteiger partial charge in [0.05, 0.1) is 6.61 Å². The Hall–Kier alpha value is -0.630. The maximum Gasteiger partial charge on any atom is 0.119 e. The van der Waals surface area contributed by atoms with E-state index < -0.39 is 0 Å². The molecule has 1 aromatic carbocycles. The number of thiol groups is 1. The molecule has 120 valence electrons. The molecule has 0 heterocycles. The molecule has 0 radical (unpaired) electrons. The summed E-state index contributed by atoms with van der Waals surface area (Å²) in [6, 6.07) is 8.63. The highest BCUT2D eigenvalue weighted by molar-refractivity contribution is 7.80. The van der Waals surface area contributed by atoms with Gasteiger partial charge in [0.2, 0.25) is 0 Å². The summed E-state index contributed by atoms with van der Waals surface area (Å²) in [5.74, 6) is 2.05. The molecule has 0 aliphatic carbocycles. The van der Waals surface area contributed by atoms with Crippen LogP contribution in [0.15, 0.2) is 24.3 Å². The number of hydrogen-bond acceptors (Lipinski definition) is 2. The fraction of sp³-hybridized carbons (Fsp3) is 0.684. The van der Waals surface area contributed by atoms with Gasteiger partial charge in [-0.25, -0.2) is 0 Å². The molecule has 0 saturated heterocycles. The van der Waals surface area contributed by atoms with E-state index in [4.69, 9.17) is 4.74 Å². The van der Waals surface area contributed by atoms with Crippen LogP contribution in [-0.4, -0.2) is 12.4 Å². The Balaban J connectivity index is 1.99. The maximum absolute atomic E-state index is 5.80. The minimum absolute atomic E-state index is 0.852. The molecular formula is C19H32OS. The van der Waals surface area contributed by atoms with E-state index in [2.05, 4.69) is 43.8 Å². The predicted octanol–water partition coefficient (Wildman–Crippen LogP) is 6.07. The molecule has 21 heavy (non-hydrogen) atoms. The Bertz CT molecular complexity index is 334. The minimum Gasteiger partial charge on any atom is -0.494 e. The summed E-state index contributed by atoms with van der Waals surface area (Å²) >= 11 is 4.23. The van der Waals surface area contributed by atoms with E-state index in [0.717, 1.165) is 18.1 Å². The second kappa shape index (κ2) is 13.1. The average molecular weight is 309 g/mol. The van der Waals surface area contributed by atoms with Gasteiger partial charge in [0.25, 0.3) is 0 Å². The first-order chi connectivity index (χ1) is 10.4. The van der Waals surface area contributed by atoms with Gasteiger partial charge in [0.15, 0.2) is 0 Å². The third kappa shape index (κ3) is 9.84. The molecule has 0 amide bonds. The molecule has 1 rings (SSSR count). The Kier molecular flexibility index (Phi) is 11.5. The molecule has 0 saturated carbocycles. The molecular weight excluding hydrogens is 276 g/mol. The number of unbranched alkanes of at least 4 members (excludes halogenated alkanes) is 7. The van der Waals surface area contributed by atoms with E-state index in [1.165, 1.54) is 69.8 Å².